The molecule has 4 aromatic rings. The minimum Gasteiger partial charge on any atom is -0.478 e. The number of aromatic carboxylic acids is 1. The molecule has 0 amide bonds. The predicted octanol–water partition coefficient (Wildman–Crippen LogP) is 4.23. The van der Waals surface area contributed by atoms with Crippen LogP contribution >= 0.6 is 11.6 Å². The first-order valence-electron chi connectivity index (χ1n) is 8.06. The Kier molecular flexibility index (Phi) is 3.96. The van der Waals surface area contributed by atoms with Crippen molar-refractivity contribution >= 4 is 28.6 Å². The SMILES string of the molecule is Cc1nn(C)c(-n2cnc3cc(C(=O)O)ccc32)c1-c1ccc(F)cc1Cl. The second-order valence-electron chi connectivity index (χ2n) is 6.16. The Morgan fingerprint density at radius 2 is 2.00 bits per heavy atom. The number of halogens is 2. The number of aromatic nitrogens is 4. The summed E-state index contributed by atoms with van der Waals surface area (Å²) in [7, 11) is 1.79. The van der Waals surface area contributed by atoms with E-state index >= 15 is 0 Å². The molecule has 0 fully saturated rings. The van der Waals surface area contributed by atoms with Gasteiger partial charge in [-0.15, -0.1) is 0 Å². The van der Waals surface area contributed by atoms with E-state index in [-0.39, 0.29) is 10.6 Å². The van der Waals surface area contributed by atoms with Gasteiger partial charge in [-0.25, -0.2) is 14.2 Å². The van der Waals surface area contributed by atoms with Crippen LogP contribution in [0.2, 0.25) is 5.02 Å². The Morgan fingerprint density at radius 1 is 1.22 bits per heavy atom. The number of carboxylic acids is 1. The molecular formula is C19H14ClFN4O2. The van der Waals surface area contributed by atoms with Gasteiger partial charge in [-0.05, 0) is 43.3 Å². The van der Waals surface area contributed by atoms with E-state index in [1.54, 1.807) is 30.2 Å². The van der Waals surface area contributed by atoms with Gasteiger partial charge in [0.25, 0.3) is 0 Å². The predicted molar refractivity (Wildman–Crippen MR) is 99.9 cm³/mol. The third-order valence-corrected chi connectivity index (χ3v) is 4.73. The van der Waals surface area contributed by atoms with Crippen molar-refractivity contribution in [1.29, 1.82) is 0 Å². The lowest BCUT2D eigenvalue weighted by Crippen LogP contribution is -2.03. The lowest BCUT2D eigenvalue weighted by Gasteiger charge is -2.10. The maximum atomic E-state index is 13.5. The highest BCUT2D eigenvalue weighted by molar-refractivity contribution is 6.33. The number of rotatable bonds is 3. The Bertz CT molecular complexity index is 1210. The zero-order valence-electron chi connectivity index (χ0n) is 14.4. The van der Waals surface area contributed by atoms with Crippen LogP contribution in [0.25, 0.3) is 28.0 Å². The molecule has 136 valence electrons. The molecule has 2 aromatic carbocycles. The molecule has 0 atom stereocenters. The summed E-state index contributed by atoms with van der Waals surface area (Å²) in [6.07, 6.45) is 1.60. The van der Waals surface area contributed by atoms with Gasteiger partial charge in [0, 0.05) is 18.2 Å². The largest absolute Gasteiger partial charge is 0.478 e. The van der Waals surface area contributed by atoms with Crippen molar-refractivity contribution in [3.8, 4) is 16.9 Å². The van der Waals surface area contributed by atoms with E-state index in [4.69, 9.17) is 16.7 Å². The van der Waals surface area contributed by atoms with Crippen molar-refractivity contribution in [3.05, 3.63) is 64.8 Å². The van der Waals surface area contributed by atoms with Crippen molar-refractivity contribution in [1.82, 2.24) is 19.3 Å². The van der Waals surface area contributed by atoms with Crippen LogP contribution in [0.5, 0.6) is 0 Å². The van der Waals surface area contributed by atoms with Gasteiger partial charge in [0.15, 0.2) is 0 Å². The average molecular weight is 385 g/mol. The van der Waals surface area contributed by atoms with Gasteiger partial charge >= 0.3 is 5.97 Å². The molecular weight excluding hydrogens is 371 g/mol. The quantitative estimate of drug-likeness (QED) is 0.573. The Morgan fingerprint density at radius 3 is 2.70 bits per heavy atom. The first-order chi connectivity index (χ1) is 12.9. The highest BCUT2D eigenvalue weighted by atomic mass is 35.5. The molecule has 0 saturated carbocycles. The van der Waals surface area contributed by atoms with Crippen LogP contribution in [0.1, 0.15) is 16.1 Å². The van der Waals surface area contributed by atoms with Crippen LogP contribution in [-0.4, -0.2) is 30.4 Å². The molecule has 0 spiro atoms. The molecule has 0 saturated heterocycles. The summed E-state index contributed by atoms with van der Waals surface area (Å²) >= 11 is 6.29. The molecule has 0 aliphatic carbocycles. The molecule has 0 unspecified atom stereocenters. The number of benzene rings is 2. The first-order valence-corrected chi connectivity index (χ1v) is 8.44. The fourth-order valence-electron chi connectivity index (χ4n) is 3.24. The lowest BCUT2D eigenvalue weighted by atomic mass is 10.1. The van der Waals surface area contributed by atoms with Crippen LogP contribution in [0.15, 0.2) is 42.7 Å². The van der Waals surface area contributed by atoms with E-state index in [0.29, 0.717) is 16.9 Å². The fraction of sp³-hybridized carbons (Fsp3) is 0.105. The summed E-state index contributed by atoms with van der Waals surface area (Å²) < 4.78 is 17.0. The van der Waals surface area contributed by atoms with Crippen molar-refractivity contribution in [3.63, 3.8) is 0 Å². The second-order valence-corrected chi connectivity index (χ2v) is 6.56. The number of aryl methyl sites for hydroxylation is 2. The number of fused-ring (bicyclic) bond motifs is 1. The molecule has 2 heterocycles. The zero-order chi connectivity index (χ0) is 19.3. The molecule has 0 bridgehead atoms. The number of hydrogen-bond acceptors (Lipinski definition) is 3. The van der Waals surface area contributed by atoms with Gasteiger partial charge in [0.1, 0.15) is 18.0 Å². The fourth-order valence-corrected chi connectivity index (χ4v) is 3.51. The third kappa shape index (κ3) is 2.76. The molecule has 0 radical (unpaired) electrons. The number of hydrogen-bond donors (Lipinski definition) is 1. The average Bonchev–Trinajstić information content (AvgIpc) is 3.14. The molecule has 1 N–H and O–H groups in total. The molecule has 27 heavy (non-hydrogen) atoms. The van der Waals surface area contributed by atoms with E-state index in [1.165, 1.54) is 24.3 Å². The summed E-state index contributed by atoms with van der Waals surface area (Å²) in [5.41, 5.74) is 3.57. The van der Waals surface area contributed by atoms with Crippen LogP contribution < -0.4 is 0 Å². The van der Waals surface area contributed by atoms with Gasteiger partial charge < -0.3 is 5.11 Å². The molecule has 4 rings (SSSR count). The van der Waals surface area contributed by atoms with E-state index in [9.17, 15) is 9.18 Å². The van der Waals surface area contributed by atoms with Gasteiger partial charge in [0.05, 0.1) is 27.3 Å². The van der Waals surface area contributed by atoms with Crippen molar-refractivity contribution in [2.75, 3.05) is 0 Å². The summed E-state index contributed by atoms with van der Waals surface area (Å²) in [6.45, 7) is 1.85. The highest BCUT2D eigenvalue weighted by Crippen LogP contribution is 2.36. The topological polar surface area (TPSA) is 72.9 Å². The molecule has 2 aromatic heterocycles. The van der Waals surface area contributed by atoms with Crippen molar-refractivity contribution in [2.24, 2.45) is 7.05 Å². The van der Waals surface area contributed by atoms with Gasteiger partial charge in [0.2, 0.25) is 0 Å². The molecule has 0 aliphatic rings. The standard InChI is InChI=1S/C19H14ClFN4O2/c1-10-17(13-5-4-12(21)8-14(13)20)18(24(2)23-10)25-9-22-15-7-11(19(26)27)3-6-16(15)25/h3-9H,1-2H3,(H,26,27). The van der Waals surface area contributed by atoms with Crippen molar-refractivity contribution < 1.29 is 14.3 Å². The van der Waals surface area contributed by atoms with E-state index in [2.05, 4.69) is 10.1 Å². The minimum absolute atomic E-state index is 0.163. The zero-order valence-corrected chi connectivity index (χ0v) is 15.2. The summed E-state index contributed by atoms with van der Waals surface area (Å²) in [6, 6.07) is 8.97. The monoisotopic (exact) mass is 384 g/mol. The van der Waals surface area contributed by atoms with E-state index in [1.807, 2.05) is 11.5 Å². The first kappa shape index (κ1) is 17.2. The van der Waals surface area contributed by atoms with Crippen molar-refractivity contribution in [2.45, 2.75) is 6.92 Å². The highest BCUT2D eigenvalue weighted by Gasteiger charge is 2.21. The molecule has 0 aliphatic heterocycles. The Hall–Kier alpha value is -3.19. The Balaban J connectivity index is 1.98. The second kappa shape index (κ2) is 6.21. The smallest absolute Gasteiger partial charge is 0.335 e. The number of imidazole rings is 1. The van der Waals surface area contributed by atoms with Crippen LogP contribution in [0.4, 0.5) is 4.39 Å². The van der Waals surface area contributed by atoms with E-state index < -0.39 is 11.8 Å². The molecule has 8 heteroatoms. The van der Waals surface area contributed by atoms with E-state index in [0.717, 1.165) is 16.8 Å². The third-order valence-electron chi connectivity index (χ3n) is 4.41. The van der Waals surface area contributed by atoms with Crippen LogP contribution in [0.3, 0.4) is 0 Å². The minimum atomic E-state index is -1.01. The van der Waals surface area contributed by atoms with Gasteiger partial charge in [-0.1, -0.05) is 11.6 Å². The molecule has 6 nitrogen and oxygen atoms in total. The summed E-state index contributed by atoms with van der Waals surface area (Å²) in [5, 5.41) is 13.9. The number of carbonyl (C=O) groups is 1. The van der Waals surface area contributed by atoms with Gasteiger partial charge in [-0.3, -0.25) is 9.25 Å². The summed E-state index contributed by atoms with van der Waals surface area (Å²) in [5.74, 6) is -0.727. The maximum Gasteiger partial charge on any atom is 0.335 e. The number of carboxylic acid groups (broad SMARTS) is 1. The number of nitrogens with zero attached hydrogens (tertiary/aromatic N) is 4. The maximum absolute atomic E-state index is 13.5. The summed E-state index contributed by atoms with van der Waals surface area (Å²) in [4.78, 5) is 15.5. The van der Waals surface area contributed by atoms with Gasteiger partial charge in [-0.2, -0.15) is 5.10 Å². The Labute approximate surface area is 158 Å². The normalized spacial score (nSPS) is 11.3. The lowest BCUT2D eigenvalue weighted by molar-refractivity contribution is 0.0697. The van der Waals surface area contributed by atoms with Crippen LogP contribution in [-0.2, 0) is 7.05 Å². The van der Waals surface area contributed by atoms with Crippen LogP contribution in [0, 0.1) is 12.7 Å².